The SMILES string of the molecule is COc1ccc(/C=C\C(=O)O[C@@H]2[C@@H](O)[C@H](O[C@H]3O[C@@H](C)[C@H](O[C@@H]4OC[C@H](O[C@H]5O[C@H](CO)[C@H](O)[C@@H](O[C@@H]6O[C@@H](C)[C@H](O)[C@@H](O)[C@H]6O)[C@H]5O)[C@@H](O)[C@H]4O)[C@@H](O)[C@H]3O)[C@H](OC(=O)[C@]34CCC(C)(C)C[C@H]3C3=CC[C@@H]5[C@@]6(C)C[C@H](O)[C@@H](O[C@@H]7O[C@@H](CO)[C@@H](O)[C@H](O)[C@H]7O)[C@@](C)(C(=O)O)[C@@H]6CC[C@@]5(C)[C@]3(CO)CC4)O[C@H]2C)cc1. The van der Waals surface area contributed by atoms with E-state index in [0.717, 1.165) is 11.6 Å². The number of ether oxygens (including phenoxy) is 14. The van der Waals surface area contributed by atoms with Gasteiger partial charge < -0.3 is 158 Å². The molecule has 0 amide bonds. The van der Waals surface area contributed by atoms with Crippen LogP contribution in [-0.2, 0) is 76.0 Å². The lowest BCUT2D eigenvalue weighted by atomic mass is 9.33. The summed E-state index contributed by atoms with van der Waals surface area (Å²) in [6.45, 7) is 11.2. The number of methoxy groups -OCH3 is 1. The number of allylic oxidation sites excluding steroid dienone is 1. The molecular weight excluding hydrogens is 1460 g/mol. The summed E-state index contributed by atoms with van der Waals surface area (Å²) in [5.74, 6) is -4.18. The van der Waals surface area contributed by atoms with Gasteiger partial charge in [0.1, 0.15) is 122 Å². The van der Waals surface area contributed by atoms with E-state index < -0.39 is 278 Å². The van der Waals surface area contributed by atoms with Gasteiger partial charge in [0.15, 0.2) is 43.7 Å². The Kier molecular flexibility index (Phi) is 25.3. The summed E-state index contributed by atoms with van der Waals surface area (Å²) >= 11 is 0. The number of rotatable bonds is 20. The van der Waals surface area contributed by atoms with Gasteiger partial charge in [-0.3, -0.25) is 9.59 Å². The molecule has 11 aliphatic rings. The lowest BCUT2D eigenvalue weighted by molar-refractivity contribution is -0.383. The van der Waals surface area contributed by atoms with E-state index in [2.05, 4.69) is 26.8 Å². The maximum Gasteiger partial charge on any atom is 0.331 e. The van der Waals surface area contributed by atoms with E-state index in [4.69, 9.17) is 66.3 Å². The Morgan fingerprint density at radius 3 is 1.73 bits per heavy atom. The van der Waals surface area contributed by atoms with Crippen LogP contribution in [0.1, 0.15) is 119 Å². The molecule has 6 aliphatic heterocycles. The highest BCUT2D eigenvalue weighted by Gasteiger charge is 2.74. The molecule has 18 N–H and O–H groups in total. The molecular formula is C75H112O35. The van der Waals surface area contributed by atoms with E-state index in [-0.39, 0.29) is 38.7 Å². The molecule has 0 spiro atoms. The Hall–Kier alpha value is -4.21. The minimum absolute atomic E-state index is 0.00519. The molecule has 1 aromatic carbocycles. The Morgan fingerprint density at radius 1 is 0.527 bits per heavy atom. The Balaban J connectivity index is 0.772. The second kappa shape index (κ2) is 32.7. The molecule has 1 aromatic rings. The van der Waals surface area contributed by atoms with Gasteiger partial charge in [-0.15, -0.1) is 0 Å². The fourth-order valence-corrected chi connectivity index (χ4v) is 20.4. The van der Waals surface area contributed by atoms with Crippen LogP contribution in [0.4, 0.5) is 0 Å². The maximum absolute atomic E-state index is 16.0. The highest BCUT2D eigenvalue weighted by Crippen LogP contribution is 2.76. The first-order valence-electron chi connectivity index (χ1n) is 38.0. The second-order valence-corrected chi connectivity index (χ2v) is 33.7. The monoisotopic (exact) mass is 1570 g/mol. The average molecular weight is 1570 g/mol. The first kappa shape index (κ1) is 85.2. The molecule has 0 aromatic heterocycles. The van der Waals surface area contributed by atoms with Crippen LogP contribution in [0.3, 0.4) is 0 Å². The van der Waals surface area contributed by atoms with Gasteiger partial charge in [-0.25, -0.2) is 4.79 Å². The quantitative estimate of drug-likeness (QED) is 0.0262. The zero-order chi connectivity index (χ0) is 80.1. The number of aliphatic hydroxyl groups excluding tert-OH is 17. The van der Waals surface area contributed by atoms with Gasteiger partial charge in [-0.05, 0) is 143 Å². The van der Waals surface area contributed by atoms with E-state index in [9.17, 15) is 102 Å². The zero-order valence-electron chi connectivity index (χ0n) is 62.9. The van der Waals surface area contributed by atoms with Crippen LogP contribution in [-0.4, -0.2) is 334 Å². The predicted octanol–water partition coefficient (Wildman–Crippen LogP) is -3.38. The number of carboxylic acid groups (broad SMARTS) is 1. The summed E-state index contributed by atoms with van der Waals surface area (Å²) < 4.78 is 83.1. The molecule has 0 bridgehead atoms. The molecule has 622 valence electrons. The fourth-order valence-electron chi connectivity index (χ4n) is 20.4. The van der Waals surface area contributed by atoms with Crippen molar-refractivity contribution in [2.24, 2.45) is 50.2 Å². The van der Waals surface area contributed by atoms with Crippen molar-refractivity contribution in [1.82, 2.24) is 0 Å². The van der Waals surface area contributed by atoms with Crippen molar-refractivity contribution >= 4 is 24.0 Å². The number of carboxylic acids is 1. The number of carbonyl (C=O) groups excluding carboxylic acids is 2. The van der Waals surface area contributed by atoms with Crippen LogP contribution in [0.5, 0.6) is 5.75 Å². The third kappa shape index (κ3) is 15.0. The molecule has 0 unspecified atom stereocenters. The number of aliphatic carboxylic acids is 1. The van der Waals surface area contributed by atoms with Gasteiger partial charge in [-0.1, -0.05) is 51.5 Å². The molecule has 110 heavy (non-hydrogen) atoms. The molecule has 35 nitrogen and oxygen atoms in total. The molecule has 5 aliphatic carbocycles. The summed E-state index contributed by atoms with van der Waals surface area (Å²) in [7, 11) is 1.50. The Bertz CT molecular complexity index is 3420. The summed E-state index contributed by atoms with van der Waals surface area (Å²) in [6, 6.07) is 6.71. The van der Waals surface area contributed by atoms with Gasteiger partial charge in [0.25, 0.3) is 0 Å². The number of fused-ring (bicyclic) bond motifs is 7. The number of aliphatic hydroxyl groups is 17. The number of benzene rings is 1. The molecule has 4 saturated carbocycles. The van der Waals surface area contributed by atoms with Gasteiger partial charge in [0.2, 0.25) is 6.29 Å². The fraction of sp³-hybridized carbons (Fsp3) is 0.827. The van der Waals surface area contributed by atoms with Crippen LogP contribution >= 0.6 is 0 Å². The standard InChI is InChI=1S/C75H112O35/c1-30-44(81)48(85)52(89)63(99-30)107-59-47(84)39(27-77)103-66(56(59)93)104-40-28-98-62(51(88)46(40)83)106-57-31(2)100-64(54(91)50(57)87)108-60-55(92)58(105-43(80)17-12-33-10-13-34(97-9)14-11-33)32(3)101-67(60)110-69(96)74-21-20-70(4,5)24-36(74)35-15-16-41-71(6)25-37(79)61(109-65-53(90)49(86)45(82)38(26-76)102-65)73(8,68(94)95)42(71)18-19-72(41,7)75(35,29-78)23-22-74/h10-15,17,30-32,36-42,44-67,76-79,81-93H,16,18-29H2,1-9H3,(H,94,95)/b17-12-/t30-,31-,32-,36-,37-,38-,39+,40-,41+,42+,44-,45+,46+,47-,48+,49-,50-,51+,52+,53+,54+,55+,56+,57-,58-,59+,60-,61+,62-,63-,64+,65-,66+,67-,71+,72+,73-,74-,75-/m0/s1. The second-order valence-electron chi connectivity index (χ2n) is 33.7. The summed E-state index contributed by atoms with van der Waals surface area (Å²) in [4.78, 5) is 43.7. The van der Waals surface area contributed by atoms with Crippen molar-refractivity contribution in [3.8, 4) is 5.75 Å². The maximum atomic E-state index is 16.0. The van der Waals surface area contributed by atoms with E-state index in [0.29, 0.717) is 37.0 Å². The third-order valence-electron chi connectivity index (χ3n) is 26.9. The lowest BCUT2D eigenvalue weighted by Crippen LogP contribution is -2.71. The average Bonchev–Trinajstić information content (AvgIpc) is 0.668. The van der Waals surface area contributed by atoms with Crippen LogP contribution < -0.4 is 4.74 Å². The van der Waals surface area contributed by atoms with Crippen molar-refractivity contribution in [2.75, 3.05) is 33.5 Å². The first-order chi connectivity index (χ1) is 51.8. The van der Waals surface area contributed by atoms with Crippen LogP contribution in [0.25, 0.3) is 6.08 Å². The number of carbonyl (C=O) groups is 3. The van der Waals surface area contributed by atoms with Crippen molar-refractivity contribution in [2.45, 2.75) is 304 Å². The van der Waals surface area contributed by atoms with E-state index in [1.165, 1.54) is 40.9 Å². The summed E-state index contributed by atoms with van der Waals surface area (Å²) in [6.07, 6.45) is -46.2. The van der Waals surface area contributed by atoms with Crippen molar-refractivity contribution < 1.29 is 173 Å². The number of esters is 2. The number of hydrogen-bond acceptors (Lipinski definition) is 34. The predicted molar refractivity (Wildman–Crippen MR) is 368 cm³/mol. The van der Waals surface area contributed by atoms with Gasteiger partial charge in [0.05, 0.1) is 68.8 Å². The molecule has 35 heteroatoms. The number of hydrogen-bond donors (Lipinski definition) is 18. The zero-order valence-corrected chi connectivity index (χ0v) is 62.9. The van der Waals surface area contributed by atoms with Crippen molar-refractivity contribution in [1.29, 1.82) is 0 Å². The topological polar surface area (TPSA) is 545 Å². The van der Waals surface area contributed by atoms with Gasteiger partial charge >= 0.3 is 17.9 Å². The van der Waals surface area contributed by atoms with Gasteiger partial charge in [-0.2, -0.15) is 0 Å². The van der Waals surface area contributed by atoms with Crippen LogP contribution in [0.2, 0.25) is 0 Å². The largest absolute Gasteiger partial charge is 0.497 e. The molecule has 6 saturated heterocycles. The van der Waals surface area contributed by atoms with Crippen molar-refractivity contribution in [3.05, 3.63) is 47.6 Å². The highest BCUT2D eigenvalue weighted by atomic mass is 16.8. The van der Waals surface area contributed by atoms with E-state index in [1.54, 1.807) is 24.3 Å². The van der Waals surface area contributed by atoms with Crippen molar-refractivity contribution in [3.63, 3.8) is 0 Å². The van der Waals surface area contributed by atoms with E-state index in [1.807, 2.05) is 6.92 Å². The van der Waals surface area contributed by atoms with Crippen LogP contribution in [0, 0.1) is 50.2 Å². The molecule has 12 rings (SSSR count). The lowest BCUT2D eigenvalue weighted by Gasteiger charge is -2.71. The minimum Gasteiger partial charge on any atom is -0.497 e. The summed E-state index contributed by atoms with van der Waals surface area (Å²) in [5.41, 5.74) is -5.03. The Labute approximate surface area is 635 Å². The minimum atomic E-state index is -2.11. The molecule has 39 atom stereocenters. The summed E-state index contributed by atoms with van der Waals surface area (Å²) in [5, 5.41) is 202. The van der Waals surface area contributed by atoms with E-state index >= 15 is 4.79 Å². The smallest absolute Gasteiger partial charge is 0.331 e. The Morgan fingerprint density at radius 2 is 1.09 bits per heavy atom. The van der Waals surface area contributed by atoms with Crippen LogP contribution in [0.15, 0.2) is 42.0 Å². The highest BCUT2D eigenvalue weighted by molar-refractivity contribution is 5.87. The first-order valence-corrected chi connectivity index (χ1v) is 38.0. The molecule has 0 radical (unpaired) electrons. The molecule has 6 heterocycles. The van der Waals surface area contributed by atoms with Gasteiger partial charge in [0, 0.05) is 11.5 Å². The third-order valence-corrected chi connectivity index (χ3v) is 26.9. The normalized spacial score (nSPS) is 50.2. The molecule has 10 fully saturated rings.